The number of hydrogen-bond acceptors (Lipinski definition) is 8. The van der Waals surface area contributed by atoms with E-state index >= 15 is 0 Å². The van der Waals surface area contributed by atoms with E-state index in [0.29, 0.717) is 37.6 Å². The predicted molar refractivity (Wildman–Crippen MR) is 392 cm³/mol. The van der Waals surface area contributed by atoms with E-state index in [1.54, 1.807) is 24.3 Å². The van der Waals surface area contributed by atoms with Crippen LogP contribution in [0.4, 0.5) is 0 Å². The number of esters is 2. The van der Waals surface area contributed by atoms with Gasteiger partial charge in [0, 0.05) is 0 Å². The van der Waals surface area contributed by atoms with Crippen molar-refractivity contribution < 1.29 is 38.0 Å². The van der Waals surface area contributed by atoms with Crippen LogP contribution < -0.4 is 18.9 Å². The fraction of sp³-hybridized carbons (Fsp3) is 0.488. The number of carbonyl (C=O) groups excluding carboxylic acids is 2. The number of unbranched alkanes of at least 4 members (excludes halogenated alkanes) is 28. The summed E-state index contributed by atoms with van der Waals surface area (Å²) in [7, 11) is 0. The first-order valence-corrected chi connectivity index (χ1v) is 37.0. The summed E-state index contributed by atoms with van der Waals surface area (Å²) in [5.41, 5.74) is 10.4. The lowest BCUT2D eigenvalue weighted by molar-refractivity contribution is 0.0459. The third-order valence-corrected chi connectivity index (χ3v) is 18.1. The summed E-state index contributed by atoms with van der Waals surface area (Å²) in [4.78, 5) is 27.9. The van der Waals surface area contributed by atoms with E-state index in [0.717, 1.165) is 104 Å². The Labute approximate surface area is 567 Å². The van der Waals surface area contributed by atoms with Crippen LogP contribution in [0.5, 0.6) is 23.0 Å². The number of carbonyl (C=O) groups is 2. The maximum atomic E-state index is 13.9. The molecule has 0 aliphatic rings. The minimum Gasteiger partial charge on any atom is -0.494 e. The lowest BCUT2D eigenvalue weighted by Crippen LogP contribution is -2.09. The molecule has 0 amide bonds. The van der Waals surface area contributed by atoms with Gasteiger partial charge in [0.2, 0.25) is 0 Å². The topological polar surface area (TPSA) is 89.5 Å². The SMILES string of the molecule is CCCCCCCCCCOc1ccc(-c2ccc(-c3ccc(OCCCCCCCCCC)cc3)c(COC(=O)c3ccc(C(=O)OCc4cc(-c5ccc(OCCCCCCCCCC)cc5)ccc4-c4ccc(OCCCCCCCCCC)cc4)cc3)c2)cc1. The second-order valence-corrected chi connectivity index (χ2v) is 25.9. The van der Waals surface area contributed by atoms with E-state index in [1.165, 1.54) is 180 Å². The van der Waals surface area contributed by atoms with Crippen molar-refractivity contribution in [3.8, 4) is 67.5 Å². The molecular weight excluding hydrogens is 1160 g/mol. The molecule has 0 saturated heterocycles. The molecule has 506 valence electrons. The first-order chi connectivity index (χ1) is 46.3. The lowest BCUT2D eigenvalue weighted by Gasteiger charge is -2.15. The van der Waals surface area contributed by atoms with Gasteiger partial charge in [-0.2, -0.15) is 0 Å². The van der Waals surface area contributed by atoms with Gasteiger partial charge in [-0.1, -0.05) is 280 Å². The molecule has 0 fully saturated rings. The summed E-state index contributed by atoms with van der Waals surface area (Å²) >= 11 is 0. The fourth-order valence-corrected chi connectivity index (χ4v) is 12.2. The highest BCUT2D eigenvalue weighted by Crippen LogP contribution is 2.35. The van der Waals surface area contributed by atoms with E-state index in [-0.39, 0.29) is 13.2 Å². The van der Waals surface area contributed by atoms with Crippen LogP contribution in [-0.4, -0.2) is 38.4 Å². The molecule has 0 radical (unpaired) electrons. The molecule has 8 heteroatoms. The fourth-order valence-electron chi connectivity index (χ4n) is 12.2. The third-order valence-electron chi connectivity index (χ3n) is 18.1. The minimum atomic E-state index is -0.492. The van der Waals surface area contributed by atoms with Crippen LogP contribution >= 0.6 is 0 Å². The summed E-state index contributed by atoms with van der Waals surface area (Å²) in [5.74, 6) is 2.42. The maximum absolute atomic E-state index is 13.9. The molecule has 0 bridgehead atoms. The van der Waals surface area contributed by atoms with Crippen LogP contribution in [0.25, 0.3) is 44.5 Å². The molecule has 7 aromatic rings. The van der Waals surface area contributed by atoms with Gasteiger partial charge in [-0.3, -0.25) is 0 Å². The molecule has 0 heterocycles. The number of benzene rings is 7. The molecule has 0 N–H and O–H groups in total. The molecule has 8 nitrogen and oxygen atoms in total. The van der Waals surface area contributed by atoms with Gasteiger partial charge in [-0.15, -0.1) is 0 Å². The lowest BCUT2D eigenvalue weighted by atomic mass is 9.95. The Morgan fingerprint density at radius 3 is 0.723 bits per heavy atom. The van der Waals surface area contributed by atoms with Gasteiger partial charge < -0.3 is 28.4 Å². The molecule has 7 aromatic carbocycles. The van der Waals surface area contributed by atoms with Gasteiger partial charge in [0.15, 0.2) is 0 Å². The summed E-state index contributed by atoms with van der Waals surface area (Å²) < 4.78 is 36.9. The third kappa shape index (κ3) is 27.6. The molecule has 0 aliphatic carbocycles. The molecule has 0 atom stereocenters. The van der Waals surface area contributed by atoms with E-state index in [4.69, 9.17) is 28.4 Å². The van der Waals surface area contributed by atoms with Crippen LogP contribution in [0.1, 0.15) is 265 Å². The molecule has 7 rings (SSSR count). The van der Waals surface area contributed by atoms with Gasteiger partial charge in [-0.25, -0.2) is 9.59 Å². The first kappa shape index (κ1) is 74.1. The van der Waals surface area contributed by atoms with Crippen LogP contribution in [0, 0.1) is 0 Å². The van der Waals surface area contributed by atoms with Crippen molar-refractivity contribution in [2.45, 2.75) is 246 Å². The number of rotatable bonds is 50. The van der Waals surface area contributed by atoms with Gasteiger partial charge in [0.25, 0.3) is 0 Å². The van der Waals surface area contributed by atoms with Crippen LogP contribution in [0.15, 0.2) is 158 Å². The molecular formula is C86H114O8. The van der Waals surface area contributed by atoms with Gasteiger partial charge in [0.1, 0.15) is 36.2 Å². The smallest absolute Gasteiger partial charge is 0.338 e. The highest BCUT2D eigenvalue weighted by atomic mass is 16.5. The Kier molecular flexibility index (Phi) is 35.6. The number of ether oxygens (including phenoxy) is 6. The van der Waals surface area contributed by atoms with Crippen molar-refractivity contribution in [2.75, 3.05) is 26.4 Å². The highest BCUT2D eigenvalue weighted by molar-refractivity contribution is 5.93. The van der Waals surface area contributed by atoms with Crippen molar-refractivity contribution in [2.24, 2.45) is 0 Å². The monoisotopic (exact) mass is 1270 g/mol. The summed E-state index contributed by atoms with van der Waals surface area (Å²) in [6.45, 7) is 11.9. The van der Waals surface area contributed by atoms with Gasteiger partial charge in [-0.05, 0) is 166 Å². The molecule has 0 unspecified atom stereocenters. The second kappa shape index (κ2) is 45.1. The van der Waals surface area contributed by atoms with Crippen LogP contribution in [0.2, 0.25) is 0 Å². The van der Waals surface area contributed by atoms with E-state index in [9.17, 15) is 9.59 Å². The van der Waals surface area contributed by atoms with E-state index in [1.807, 2.05) is 48.5 Å². The maximum Gasteiger partial charge on any atom is 0.338 e. The van der Waals surface area contributed by atoms with Crippen LogP contribution in [0.3, 0.4) is 0 Å². The summed E-state index contributed by atoms with van der Waals surface area (Å²) in [5, 5.41) is 0. The van der Waals surface area contributed by atoms with Gasteiger partial charge >= 0.3 is 11.9 Å². The first-order valence-electron chi connectivity index (χ1n) is 37.0. The normalized spacial score (nSPS) is 11.2. The summed E-state index contributed by atoms with van der Waals surface area (Å²) in [6.07, 6.45) is 40.3. The van der Waals surface area contributed by atoms with E-state index < -0.39 is 11.9 Å². The Hall–Kier alpha value is -7.32. The minimum absolute atomic E-state index is 0.0377. The van der Waals surface area contributed by atoms with Crippen molar-refractivity contribution in [3.05, 3.63) is 180 Å². The Morgan fingerprint density at radius 2 is 0.468 bits per heavy atom. The standard InChI is InChI=1S/C86H114O8/c1-5-9-13-17-21-25-29-33-61-89-79-51-41-69(42-52-79)75-49-59-83(71-45-55-81(56-46-71)91-63-35-31-27-23-19-15-11-7-3)77(65-75)67-93-85(87)73-37-39-74(40-38-73)86(88)94-68-78-66-76(70-43-53-80(54-44-70)90-62-34-30-26-22-18-14-10-6-2)50-60-84(78)72-47-57-82(58-48-72)92-64-36-32-28-24-20-16-12-8-4/h37-60,65-66H,5-36,61-64,67-68H2,1-4H3. The molecule has 0 spiro atoms. The number of hydrogen-bond donors (Lipinski definition) is 0. The van der Waals surface area contributed by atoms with Crippen LogP contribution in [-0.2, 0) is 22.7 Å². The second-order valence-electron chi connectivity index (χ2n) is 25.9. The highest BCUT2D eigenvalue weighted by Gasteiger charge is 2.17. The zero-order chi connectivity index (χ0) is 65.9. The van der Waals surface area contributed by atoms with Gasteiger partial charge in [0.05, 0.1) is 37.6 Å². The van der Waals surface area contributed by atoms with Crippen molar-refractivity contribution in [3.63, 3.8) is 0 Å². The zero-order valence-electron chi connectivity index (χ0n) is 58.1. The van der Waals surface area contributed by atoms with Crippen molar-refractivity contribution >= 4 is 11.9 Å². The average Bonchev–Trinajstić information content (AvgIpc) is 0.880. The molecule has 0 aliphatic heterocycles. The van der Waals surface area contributed by atoms with E-state index in [2.05, 4.69) is 113 Å². The average molecular weight is 1280 g/mol. The predicted octanol–water partition coefficient (Wildman–Crippen LogP) is 25.1. The largest absolute Gasteiger partial charge is 0.494 e. The molecule has 0 aromatic heterocycles. The Bertz CT molecular complexity index is 2930. The quantitative estimate of drug-likeness (QED) is 0.0275. The Morgan fingerprint density at radius 1 is 0.245 bits per heavy atom. The van der Waals surface area contributed by atoms with Crippen molar-refractivity contribution in [1.82, 2.24) is 0 Å². The summed E-state index contributed by atoms with van der Waals surface area (Å²) in [6, 6.07) is 52.2. The molecule has 94 heavy (non-hydrogen) atoms. The van der Waals surface area contributed by atoms with Crippen molar-refractivity contribution in [1.29, 1.82) is 0 Å². The zero-order valence-corrected chi connectivity index (χ0v) is 58.1. The Balaban J connectivity index is 0.990. The molecule has 0 saturated carbocycles.